The van der Waals surface area contributed by atoms with Gasteiger partial charge < -0.3 is 5.32 Å². The van der Waals surface area contributed by atoms with Gasteiger partial charge in [-0.1, -0.05) is 6.92 Å². The second-order valence-electron chi connectivity index (χ2n) is 3.46. The number of carbonyl (C=O) groups is 1. The van der Waals surface area contributed by atoms with Crippen molar-refractivity contribution in [3.05, 3.63) is 17.5 Å². The van der Waals surface area contributed by atoms with Gasteiger partial charge in [-0.05, 0) is 18.9 Å². The molecule has 0 spiro atoms. The fourth-order valence-corrected chi connectivity index (χ4v) is 1.33. The molecule has 1 N–H and O–H groups in total. The van der Waals surface area contributed by atoms with Crippen molar-refractivity contribution in [2.24, 2.45) is 7.05 Å². The molecule has 0 fully saturated rings. The third-order valence-electron chi connectivity index (χ3n) is 2.04. The standard InChI is InChI=1S/C10H17N3O/c1-4-5-10(14)11-6-9-8(2)7-13(3)12-9/h7H,4-6H2,1-3H3,(H,11,14). The lowest BCUT2D eigenvalue weighted by molar-refractivity contribution is -0.121. The largest absolute Gasteiger partial charge is 0.350 e. The molecular weight excluding hydrogens is 178 g/mol. The van der Waals surface area contributed by atoms with Crippen LogP contribution in [0.4, 0.5) is 0 Å². The van der Waals surface area contributed by atoms with Gasteiger partial charge >= 0.3 is 0 Å². The van der Waals surface area contributed by atoms with Crippen molar-refractivity contribution < 1.29 is 4.79 Å². The maximum atomic E-state index is 11.2. The fraction of sp³-hybridized carbons (Fsp3) is 0.600. The van der Waals surface area contributed by atoms with E-state index in [4.69, 9.17) is 0 Å². The van der Waals surface area contributed by atoms with Gasteiger partial charge in [-0.15, -0.1) is 0 Å². The summed E-state index contributed by atoms with van der Waals surface area (Å²) in [5.74, 6) is 0.0950. The van der Waals surface area contributed by atoms with E-state index >= 15 is 0 Å². The molecule has 78 valence electrons. The Labute approximate surface area is 84.3 Å². The summed E-state index contributed by atoms with van der Waals surface area (Å²) < 4.78 is 1.76. The predicted molar refractivity (Wildman–Crippen MR) is 54.7 cm³/mol. The highest BCUT2D eigenvalue weighted by molar-refractivity contribution is 5.75. The van der Waals surface area contributed by atoms with Gasteiger partial charge in [0.2, 0.25) is 5.91 Å². The van der Waals surface area contributed by atoms with E-state index in [1.807, 2.05) is 27.1 Å². The Morgan fingerprint density at radius 1 is 1.64 bits per heavy atom. The highest BCUT2D eigenvalue weighted by atomic mass is 16.1. The van der Waals surface area contributed by atoms with Crippen molar-refractivity contribution in [1.82, 2.24) is 15.1 Å². The van der Waals surface area contributed by atoms with E-state index < -0.39 is 0 Å². The summed E-state index contributed by atoms with van der Waals surface area (Å²) in [6.45, 7) is 4.52. The minimum atomic E-state index is 0.0950. The first-order valence-corrected chi connectivity index (χ1v) is 4.89. The van der Waals surface area contributed by atoms with Gasteiger partial charge in [0.25, 0.3) is 0 Å². The average Bonchev–Trinajstić information content (AvgIpc) is 2.42. The fourth-order valence-electron chi connectivity index (χ4n) is 1.33. The summed E-state index contributed by atoms with van der Waals surface area (Å²) in [5, 5.41) is 7.08. The summed E-state index contributed by atoms with van der Waals surface area (Å²) in [7, 11) is 1.88. The zero-order valence-corrected chi connectivity index (χ0v) is 9.00. The molecule has 0 radical (unpaired) electrons. The first-order chi connectivity index (χ1) is 6.63. The van der Waals surface area contributed by atoms with Crippen LogP contribution in [-0.2, 0) is 18.4 Å². The van der Waals surface area contributed by atoms with Crippen LogP contribution >= 0.6 is 0 Å². The number of carbonyl (C=O) groups excluding carboxylic acids is 1. The molecule has 1 aromatic heterocycles. The molecule has 4 nitrogen and oxygen atoms in total. The minimum Gasteiger partial charge on any atom is -0.350 e. The lowest BCUT2D eigenvalue weighted by Crippen LogP contribution is -2.22. The third-order valence-corrected chi connectivity index (χ3v) is 2.04. The molecule has 0 saturated heterocycles. The summed E-state index contributed by atoms with van der Waals surface area (Å²) in [5.41, 5.74) is 2.06. The summed E-state index contributed by atoms with van der Waals surface area (Å²) in [6.07, 6.45) is 3.42. The zero-order chi connectivity index (χ0) is 10.6. The van der Waals surface area contributed by atoms with Gasteiger partial charge in [-0.2, -0.15) is 5.10 Å². The number of rotatable bonds is 4. The third kappa shape index (κ3) is 2.87. The minimum absolute atomic E-state index is 0.0950. The molecule has 0 bridgehead atoms. The van der Waals surface area contributed by atoms with Gasteiger partial charge in [-0.3, -0.25) is 9.48 Å². The van der Waals surface area contributed by atoms with Crippen molar-refractivity contribution in [3.8, 4) is 0 Å². The molecule has 0 atom stereocenters. The number of nitrogens with one attached hydrogen (secondary N) is 1. The second-order valence-corrected chi connectivity index (χ2v) is 3.46. The molecule has 1 aromatic rings. The topological polar surface area (TPSA) is 46.9 Å². The quantitative estimate of drug-likeness (QED) is 0.783. The molecule has 14 heavy (non-hydrogen) atoms. The highest BCUT2D eigenvalue weighted by Gasteiger charge is 2.04. The average molecular weight is 195 g/mol. The first kappa shape index (κ1) is 10.8. The number of hydrogen-bond acceptors (Lipinski definition) is 2. The molecule has 0 saturated carbocycles. The van der Waals surface area contributed by atoms with Crippen molar-refractivity contribution in [2.45, 2.75) is 33.2 Å². The van der Waals surface area contributed by atoms with Gasteiger partial charge in [0.05, 0.1) is 12.2 Å². The molecule has 0 aliphatic rings. The van der Waals surface area contributed by atoms with E-state index in [0.717, 1.165) is 17.7 Å². The lowest BCUT2D eigenvalue weighted by atomic mass is 10.2. The first-order valence-electron chi connectivity index (χ1n) is 4.89. The number of aryl methyl sites for hydroxylation is 2. The SMILES string of the molecule is CCCC(=O)NCc1nn(C)cc1C. The van der Waals surface area contributed by atoms with Crippen molar-refractivity contribution >= 4 is 5.91 Å². The van der Waals surface area contributed by atoms with E-state index in [-0.39, 0.29) is 5.91 Å². The molecule has 4 heteroatoms. The van der Waals surface area contributed by atoms with Crippen LogP contribution < -0.4 is 5.32 Å². The smallest absolute Gasteiger partial charge is 0.220 e. The van der Waals surface area contributed by atoms with Crippen molar-refractivity contribution in [3.63, 3.8) is 0 Å². The van der Waals surface area contributed by atoms with Gasteiger partial charge in [0.15, 0.2) is 0 Å². The monoisotopic (exact) mass is 195 g/mol. The Hall–Kier alpha value is -1.32. The van der Waals surface area contributed by atoms with E-state index in [1.165, 1.54) is 0 Å². The predicted octanol–water partition coefficient (Wildman–Crippen LogP) is 1.14. The van der Waals surface area contributed by atoms with E-state index in [2.05, 4.69) is 10.4 Å². The van der Waals surface area contributed by atoms with Crippen LogP contribution in [0.5, 0.6) is 0 Å². The normalized spacial score (nSPS) is 10.2. The number of amides is 1. The molecule has 0 aromatic carbocycles. The van der Waals surface area contributed by atoms with Crippen LogP contribution in [0.3, 0.4) is 0 Å². The van der Waals surface area contributed by atoms with Crippen LogP contribution in [0.25, 0.3) is 0 Å². The van der Waals surface area contributed by atoms with Crippen LogP contribution in [0.15, 0.2) is 6.20 Å². The zero-order valence-electron chi connectivity index (χ0n) is 9.00. The van der Waals surface area contributed by atoms with Crippen molar-refractivity contribution in [2.75, 3.05) is 0 Å². The van der Waals surface area contributed by atoms with Crippen LogP contribution in [-0.4, -0.2) is 15.7 Å². The van der Waals surface area contributed by atoms with Gasteiger partial charge in [0, 0.05) is 19.7 Å². The Bertz CT molecular complexity index is 317. The Balaban J connectivity index is 2.45. The lowest BCUT2D eigenvalue weighted by Gasteiger charge is -2.01. The number of nitrogens with zero attached hydrogens (tertiary/aromatic N) is 2. The summed E-state index contributed by atoms with van der Waals surface area (Å²) in [4.78, 5) is 11.2. The highest BCUT2D eigenvalue weighted by Crippen LogP contribution is 2.03. The number of aromatic nitrogens is 2. The molecule has 0 aliphatic heterocycles. The molecule has 0 unspecified atom stereocenters. The molecular formula is C10H17N3O. The van der Waals surface area contributed by atoms with Crippen LogP contribution in [0.1, 0.15) is 31.0 Å². The second kappa shape index (κ2) is 4.79. The number of hydrogen-bond donors (Lipinski definition) is 1. The Morgan fingerprint density at radius 2 is 2.36 bits per heavy atom. The van der Waals surface area contributed by atoms with E-state index in [9.17, 15) is 4.79 Å². The molecule has 1 heterocycles. The van der Waals surface area contributed by atoms with Gasteiger partial charge in [-0.25, -0.2) is 0 Å². The molecule has 1 rings (SSSR count). The Morgan fingerprint density at radius 3 is 2.86 bits per heavy atom. The molecule has 1 amide bonds. The summed E-state index contributed by atoms with van der Waals surface area (Å²) >= 11 is 0. The van der Waals surface area contributed by atoms with Gasteiger partial charge in [0.1, 0.15) is 0 Å². The molecule has 0 aliphatic carbocycles. The maximum absolute atomic E-state index is 11.2. The van der Waals surface area contributed by atoms with Crippen LogP contribution in [0, 0.1) is 6.92 Å². The van der Waals surface area contributed by atoms with Crippen LogP contribution in [0.2, 0.25) is 0 Å². The summed E-state index contributed by atoms with van der Waals surface area (Å²) in [6, 6.07) is 0. The van der Waals surface area contributed by atoms with E-state index in [1.54, 1.807) is 4.68 Å². The maximum Gasteiger partial charge on any atom is 0.220 e. The Kier molecular flexibility index (Phi) is 3.68. The van der Waals surface area contributed by atoms with E-state index in [0.29, 0.717) is 13.0 Å². The van der Waals surface area contributed by atoms with Crippen molar-refractivity contribution in [1.29, 1.82) is 0 Å².